The average Bonchev–Trinajstić information content (AvgIpc) is 2.39. The van der Waals surface area contributed by atoms with Gasteiger partial charge < -0.3 is 5.32 Å². The first-order chi connectivity index (χ1) is 9.11. The summed E-state index contributed by atoms with van der Waals surface area (Å²) in [6.45, 7) is 4.15. The van der Waals surface area contributed by atoms with E-state index in [2.05, 4.69) is 37.4 Å². The van der Waals surface area contributed by atoms with Gasteiger partial charge in [-0.15, -0.1) is 0 Å². The lowest BCUT2D eigenvalue weighted by Crippen LogP contribution is -2.09. The highest BCUT2D eigenvalue weighted by Crippen LogP contribution is 2.26. The molecule has 2 aromatic carbocycles. The molecule has 0 aliphatic rings. The second-order valence-electron chi connectivity index (χ2n) is 4.52. The summed E-state index contributed by atoms with van der Waals surface area (Å²) < 4.78 is 0. The zero-order valence-corrected chi connectivity index (χ0v) is 11.7. The molecule has 1 unspecified atom stereocenters. The van der Waals surface area contributed by atoms with Crippen LogP contribution in [0, 0.1) is 18.3 Å². The van der Waals surface area contributed by atoms with Crippen LogP contribution in [0.4, 0.5) is 5.69 Å². The maximum Gasteiger partial charge on any atom is 0.101 e. The van der Waals surface area contributed by atoms with Crippen molar-refractivity contribution in [2.45, 2.75) is 19.9 Å². The van der Waals surface area contributed by atoms with Crippen molar-refractivity contribution in [1.29, 1.82) is 5.26 Å². The summed E-state index contributed by atoms with van der Waals surface area (Å²) >= 11 is 5.99. The third-order valence-electron chi connectivity index (χ3n) is 3.13. The first kappa shape index (κ1) is 13.5. The van der Waals surface area contributed by atoms with Crippen molar-refractivity contribution in [2.24, 2.45) is 0 Å². The maximum atomic E-state index is 9.11. The minimum Gasteiger partial charge on any atom is -0.377 e. The number of benzene rings is 2. The summed E-state index contributed by atoms with van der Waals surface area (Å²) in [6.07, 6.45) is 0. The fourth-order valence-electron chi connectivity index (χ4n) is 2.12. The monoisotopic (exact) mass is 270 g/mol. The van der Waals surface area contributed by atoms with Gasteiger partial charge in [0.05, 0.1) is 11.3 Å². The number of nitrogens with one attached hydrogen (secondary N) is 1. The van der Waals surface area contributed by atoms with E-state index in [-0.39, 0.29) is 6.04 Å². The lowest BCUT2D eigenvalue weighted by molar-refractivity contribution is 0.873. The number of nitriles is 1. The summed E-state index contributed by atoms with van der Waals surface area (Å²) in [5.74, 6) is 0. The van der Waals surface area contributed by atoms with Crippen molar-refractivity contribution >= 4 is 17.3 Å². The number of halogens is 1. The van der Waals surface area contributed by atoms with Crippen LogP contribution in [-0.4, -0.2) is 0 Å². The Balaban J connectivity index is 2.29. The van der Waals surface area contributed by atoms with Gasteiger partial charge in [-0.3, -0.25) is 0 Å². The zero-order chi connectivity index (χ0) is 13.8. The van der Waals surface area contributed by atoms with E-state index in [1.165, 1.54) is 11.1 Å². The standard InChI is InChI=1S/C16H15ClN2/c1-11-5-3-4-6-15(11)12(2)19-16-9-14(17)8-7-13(16)10-18/h3-9,12,19H,1-2H3. The van der Waals surface area contributed by atoms with Gasteiger partial charge in [-0.05, 0) is 43.2 Å². The minimum atomic E-state index is 0.117. The molecule has 0 amide bonds. The quantitative estimate of drug-likeness (QED) is 0.878. The maximum absolute atomic E-state index is 9.11. The normalized spacial score (nSPS) is 11.7. The van der Waals surface area contributed by atoms with Crippen molar-refractivity contribution in [3.8, 4) is 6.07 Å². The molecule has 0 spiro atoms. The first-order valence-electron chi connectivity index (χ1n) is 6.13. The van der Waals surface area contributed by atoms with Gasteiger partial charge in [0.15, 0.2) is 0 Å². The van der Waals surface area contributed by atoms with E-state index in [9.17, 15) is 0 Å². The van der Waals surface area contributed by atoms with Crippen molar-refractivity contribution in [3.63, 3.8) is 0 Å². The molecular weight excluding hydrogens is 256 g/mol. The van der Waals surface area contributed by atoms with E-state index in [0.29, 0.717) is 10.6 Å². The molecule has 0 aliphatic carbocycles. The number of anilines is 1. The largest absolute Gasteiger partial charge is 0.377 e. The molecule has 2 nitrogen and oxygen atoms in total. The number of nitrogens with zero attached hydrogens (tertiary/aromatic N) is 1. The third kappa shape index (κ3) is 3.07. The van der Waals surface area contributed by atoms with E-state index in [0.717, 1.165) is 5.69 Å². The predicted molar refractivity (Wildman–Crippen MR) is 79.4 cm³/mol. The summed E-state index contributed by atoms with van der Waals surface area (Å²) in [4.78, 5) is 0. The molecule has 2 rings (SSSR count). The van der Waals surface area contributed by atoms with E-state index in [1.54, 1.807) is 18.2 Å². The number of rotatable bonds is 3. The SMILES string of the molecule is Cc1ccccc1C(C)Nc1cc(Cl)ccc1C#N. The van der Waals surface area contributed by atoms with Crippen molar-refractivity contribution in [3.05, 3.63) is 64.2 Å². The highest BCUT2D eigenvalue weighted by atomic mass is 35.5. The Morgan fingerprint density at radius 1 is 1.21 bits per heavy atom. The van der Waals surface area contributed by atoms with Crippen molar-refractivity contribution < 1.29 is 0 Å². The van der Waals surface area contributed by atoms with E-state index < -0.39 is 0 Å². The van der Waals surface area contributed by atoms with E-state index >= 15 is 0 Å². The Morgan fingerprint density at radius 3 is 2.63 bits per heavy atom. The lowest BCUT2D eigenvalue weighted by atomic mass is 10.0. The zero-order valence-electron chi connectivity index (χ0n) is 10.9. The van der Waals surface area contributed by atoms with Crippen LogP contribution in [0.2, 0.25) is 5.02 Å². The van der Waals surface area contributed by atoms with Gasteiger partial charge in [-0.25, -0.2) is 0 Å². The highest BCUT2D eigenvalue weighted by molar-refractivity contribution is 6.30. The molecule has 0 fully saturated rings. The average molecular weight is 271 g/mol. The Labute approximate surface area is 118 Å². The van der Waals surface area contributed by atoms with Gasteiger partial charge in [0, 0.05) is 11.1 Å². The van der Waals surface area contributed by atoms with Gasteiger partial charge in [0.1, 0.15) is 6.07 Å². The molecule has 0 aromatic heterocycles. The molecule has 3 heteroatoms. The predicted octanol–water partition coefficient (Wildman–Crippen LogP) is 4.69. The molecule has 0 aliphatic heterocycles. The molecule has 0 saturated heterocycles. The molecule has 0 saturated carbocycles. The van der Waals surface area contributed by atoms with Crippen LogP contribution in [0.15, 0.2) is 42.5 Å². The molecule has 0 bridgehead atoms. The van der Waals surface area contributed by atoms with Gasteiger partial charge in [0.25, 0.3) is 0 Å². The van der Waals surface area contributed by atoms with Crippen LogP contribution in [0.3, 0.4) is 0 Å². The smallest absolute Gasteiger partial charge is 0.101 e. The topological polar surface area (TPSA) is 35.8 Å². The molecule has 1 atom stereocenters. The fraction of sp³-hybridized carbons (Fsp3) is 0.188. The fourth-order valence-corrected chi connectivity index (χ4v) is 2.29. The Hall–Kier alpha value is -1.98. The summed E-state index contributed by atoms with van der Waals surface area (Å²) in [5, 5.41) is 13.1. The Bertz CT molecular complexity index is 629. The second kappa shape index (κ2) is 5.77. The third-order valence-corrected chi connectivity index (χ3v) is 3.36. The van der Waals surface area contributed by atoms with E-state index in [4.69, 9.17) is 16.9 Å². The van der Waals surface area contributed by atoms with Crippen LogP contribution in [0.5, 0.6) is 0 Å². The van der Waals surface area contributed by atoms with Gasteiger partial charge in [-0.2, -0.15) is 5.26 Å². The van der Waals surface area contributed by atoms with E-state index in [1.807, 2.05) is 12.1 Å². The second-order valence-corrected chi connectivity index (χ2v) is 4.96. The van der Waals surface area contributed by atoms with Crippen LogP contribution in [0.1, 0.15) is 29.7 Å². The van der Waals surface area contributed by atoms with Crippen LogP contribution < -0.4 is 5.32 Å². The molecule has 96 valence electrons. The molecule has 2 aromatic rings. The van der Waals surface area contributed by atoms with Crippen molar-refractivity contribution in [1.82, 2.24) is 0 Å². The molecular formula is C16H15ClN2. The lowest BCUT2D eigenvalue weighted by Gasteiger charge is -2.18. The van der Waals surface area contributed by atoms with Crippen LogP contribution in [0.25, 0.3) is 0 Å². The summed E-state index contributed by atoms with van der Waals surface area (Å²) in [7, 11) is 0. The summed E-state index contributed by atoms with van der Waals surface area (Å²) in [6, 6.07) is 15.7. The number of hydrogen-bond donors (Lipinski definition) is 1. The first-order valence-corrected chi connectivity index (χ1v) is 6.51. The molecule has 1 N–H and O–H groups in total. The molecule has 19 heavy (non-hydrogen) atoms. The number of hydrogen-bond acceptors (Lipinski definition) is 2. The van der Waals surface area contributed by atoms with Crippen molar-refractivity contribution in [2.75, 3.05) is 5.32 Å². The van der Waals surface area contributed by atoms with Crippen LogP contribution in [-0.2, 0) is 0 Å². The van der Waals surface area contributed by atoms with Crippen LogP contribution >= 0.6 is 11.6 Å². The van der Waals surface area contributed by atoms with Gasteiger partial charge in [0.2, 0.25) is 0 Å². The Morgan fingerprint density at radius 2 is 1.95 bits per heavy atom. The number of aryl methyl sites for hydroxylation is 1. The summed E-state index contributed by atoms with van der Waals surface area (Å²) in [5.41, 5.74) is 3.81. The molecule has 0 heterocycles. The molecule has 0 radical (unpaired) electrons. The van der Waals surface area contributed by atoms with Gasteiger partial charge in [-0.1, -0.05) is 35.9 Å². The Kier molecular flexibility index (Phi) is 4.09. The highest BCUT2D eigenvalue weighted by Gasteiger charge is 2.10. The van der Waals surface area contributed by atoms with Gasteiger partial charge >= 0.3 is 0 Å². The minimum absolute atomic E-state index is 0.117.